The fourth-order valence-electron chi connectivity index (χ4n) is 2.65. The van der Waals surface area contributed by atoms with Crippen LogP contribution in [0.4, 0.5) is 5.69 Å². The van der Waals surface area contributed by atoms with Crippen LogP contribution in [0.25, 0.3) is 6.08 Å². The third kappa shape index (κ3) is 5.88. The Labute approximate surface area is 155 Å². The van der Waals surface area contributed by atoms with E-state index in [-0.39, 0.29) is 11.8 Å². The van der Waals surface area contributed by atoms with Gasteiger partial charge >= 0.3 is 0 Å². The predicted octanol–water partition coefficient (Wildman–Crippen LogP) is 4.60. The van der Waals surface area contributed by atoms with E-state index < -0.39 is 0 Å². The lowest BCUT2D eigenvalue weighted by Gasteiger charge is -2.21. The summed E-state index contributed by atoms with van der Waals surface area (Å²) in [5.41, 5.74) is 2.28. The molecule has 0 atom stereocenters. The summed E-state index contributed by atoms with van der Waals surface area (Å²) in [6.07, 6.45) is 5.14. The first-order chi connectivity index (χ1) is 12.6. The fraction of sp³-hybridized carbons (Fsp3) is 0.273. The summed E-state index contributed by atoms with van der Waals surface area (Å²) >= 11 is 0. The van der Waals surface area contributed by atoms with E-state index in [0.29, 0.717) is 11.3 Å². The number of nitrogens with zero attached hydrogens (tertiary/aromatic N) is 1. The van der Waals surface area contributed by atoms with Crippen LogP contribution in [0.2, 0.25) is 0 Å². The highest BCUT2D eigenvalue weighted by Crippen LogP contribution is 2.13. The topological polar surface area (TPSA) is 49.4 Å². The van der Waals surface area contributed by atoms with E-state index in [4.69, 9.17) is 0 Å². The number of anilines is 1. The molecule has 0 aromatic heterocycles. The number of hydrogen-bond donors (Lipinski definition) is 1. The quantitative estimate of drug-likeness (QED) is 0.707. The summed E-state index contributed by atoms with van der Waals surface area (Å²) in [7, 11) is 0. The normalized spacial score (nSPS) is 10.7. The zero-order valence-corrected chi connectivity index (χ0v) is 15.4. The number of nitrogens with one attached hydrogen (secondary N) is 1. The third-order valence-corrected chi connectivity index (χ3v) is 3.90. The number of carbonyl (C=O) groups is 2. The van der Waals surface area contributed by atoms with Crippen LogP contribution in [0.5, 0.6) is 0 Å². The van der Waals surface area contributed by atoms with Gasteiger partial charge in [-0.25, -0.2) is 0 Å². The lowest BCUT2D eigenvalue weighted by atomic mass is 10.1. The summed E-state index contributed by atoms with van der Waals surface area (Å²) < 4.78 is 0. The van der Waals surface area contributed by atoms with Gasteiger partial charge in [-0.2, -0.15) is 0 Å². The van der Waals surface area contributed by atoms with Gasteiger partial charge in [0.25, 0.3) is 5.91 Å². The van der Waals surface area contributed by atoms with E-state index >= 15 is 0 Å². The van der Waals surface area contributed by atoms with Gasteiger partial charge < -0.3 is 10.2 Å². The van der Waals surface area contributed by atoms with Gasteiger partial charge in [0.1, 0.15) is 0 Å². The molecular formula is C22H26N2O2. The average molecular weight is 350 g/mol. The Bertz CT molecular complexity index is 730. The van der Waals surface area contributed by atoms with Crippen LogP contribution < -0.4 is 5.32 Å². The largest absolute Gasteiger partial charge is 0.339 e. The van der Waals surface area contributed by atoms with Crippen LogP contribution in [-0.4, -0.2) is 29.8 Å². The van der Waals surface area contributed by atoms with Crippen molar-refractivity contribution in [1.29, 1.82) is 0 Å². The lowest BCUT2D eigenvalue weighted by Crippen LogP contribution is -2.32. The molecule has 0 saturated heterocycles. The maximum absolute atomic E-state index is 12.5. The molecule has 0 fully saturated rings. The highest BCUT2D eigenvalue weighted by Gasteiger charge is 2.14. The molecule has 2 aromatic carbocycles. The molecule has 0 radical (unpaired) electrons. The molecule has 0 aliphatic rings. The van der Waals surface area contributed by atoms with Crippen molar-refractivity contribution in [3.05, 3.63) is 71.8 Å². The van der Waals surface area contributed by atoms with E-state index in [1.807, 2.05) is 35.2 Å². The minimum Gasteiger partial charge on any atom is -0.339 e. The van der Waals surface area contributed by atoms with Crippen molar-refractivity contribution in [3.8, 4) is 0 Å². The average Bonchev–Trinajstić information content (AvgIpc) is 2.67. The molecule has 0 saturated carbocycles. The molecule has 2 amide bonds. The van der Waals surface area contributed by atoms with Gasteiger partial charge in [0, 0.05) is 30.4 Å². The molecule has 0 bridgehead atoms. The summed E-state index contributed by atoms with van der Waals surface area (Å²) in [6, 6.07) is 16.7. The number of amides is 2. The molecule has 2 rings (SSSR count). The summed E-state index contributed by atoms with van der Waals surface area (Å²) in [6.45, 7) is 5.65. The van der Waals surface area contributed by atoms with Gasteiger partial charge in [0.15, 0.2) is 0 Å². The minimum absolute atomic E-state index is 0.0375. The molecule has 0 aliphatic carbocycles. The van der Waals surface area contributed by atoms with Crippen molar-refractivity contribution in [3.63, 3.8) is 0 Å². The first-order valence-corrected chi connectivity index (χ1v) is 9.07. The Morgan fingerprint density at radius 3 is 2.12 bits per heavy atom. The Morgan fingerprint density at radius 2 is 1.54 bits per heavy atom. The summed E-state index contributed by atoms with van der Waals surface area (Å²) in [5.74, 6) is -0.165. The Morgan fingerprint density at radius 1 is 0.923 bits per heavy atom. The summed E-state index contributed by atoms with van der Waals surface area (Å²) in [4.78, 5) is 26.4. The number of benzene rings is 2. The maximum atomic E-state index is 12.5. The zero-order valence-electron chi connectivity index (χ0n) is 15.4. The molecule has 4 nitrogen and oxygen atoms in total. The Kier molecular flexibility index (Phi) is 7.62. The van der Waals surface area contributed by atoms with Crippen LogP contribution in [0.1, 0.15) is 42.6 Å². The number of hydrogen-bond acceptors (Lipinski definition) is 2. The Hall–Kier alpha value is -2.88. The molecule has 0 heterocycles. The van der Waals surface area contributed by atoms with Gasteiger partial charge in [0.05, 0.1) is 0 Å². The maximum Gasteiger partial charge on any atom is 0.253 e. The lowest BCUT2D eigenvalue weighted by molar-refractivity contribution is -0.111. The summed E-state index contributed by atoms with van der Waals surface area (Å²) in [5, 5.41) is 2.81. The van der Waals surface area contributed by atoms with Crippen molar-refractivity contribution in [2.75, 3.05) is 18.4 Å². The molecule has 26 heavy (non-hydrogen) atoms. The smallest absolute Gasteiger partial charge is 0.253 e. The van der Waals surface area contributed by atoms with Gasteiger partial charge in [-0.1, -0.05) is 44.2 Å². The zero-order chi connectivity index (χ0) is 18.8. The first kappa shape index (κ1) is 19.4. The molecule has 0 unspecified atom stereocenters. The van der Waals surface area contributed by atoms with Crippen molar-refractivity contribution < 1.29 is 9.59 Å². The molecule has 136 valence electrons. The van der Waals surface area contributed by atoms with Crippen LogP contribution in [-0.2, 0) is 4.79 Å². The highest BCUT2D eigenvalue weighted by atomic mass is 16.2. The molecule has 1 N–H and O–H groups in total. The van der Waals surface area contributed by atoms with Gasteiger partial charge in [0.2, 0.25) is 5.91 Å². The monoisotopic (exact) mass is 350 g/mol. The molecule has 0 spiro atoms. The number of rotatable bonds is 8. The minimum atomic E-state index is -0.202. The third-order valence-electron chi connectivity index (χ3n) is 3.90. The predicted molar refractivity (Wildman–Crippen MR) is 107 cm³/mol. The SMILES string of the molecule is CCCN(CCC)C(=O)c1ccc(NC(=O)/C=C/c2ccccc2)cc1. The second-order valence-corrected chi connectivity index (χ2v) is 6.10. The highest BCUT2D eigenvalue weighted by molar-refractivity contribution is 6.02. The molecule has 2 aromatic rings. The van der Waals surface area contributed by atoms with Crippen molar-refractivity contribution in [1.82, 2.24) is 4.90 Å². The van der Waals surface area contributed by atoms with E-state index in [9.17, 15) is 9.59 Å². The van der Waals surface area contributed by atoms with Crippen LogP contribution in [0.15, 0.2) is 60.7 Å². The molecule has 4 heteroatoms. The number of carbonyl (C=O) groups excluding carboxylic acids is 2. The van der Waals surface area contributed by atoms with Gasteiger partial charge in [-0.05, 0) is 48.7 Å². The Balaban J connectivity index is 1.97. The molecular weight excluding hydrogens is 324 g/mol. The van der Waals surface area contributed by atoms with Crippen molar-refractivity contribution in [2.45, 2.75) is 26.7 Å². The fourth-order valence-corrected chi connectivity index (χ4v) is 2.65. The van der Waals surface area contributed by atoms with E-state index in [1.165, 1.54) is 6.08 Å². The van der Waals surface area contributed by atoms with Crippen LogP contribution >= 0.6 is 0 Å². The van der Waals surface area contributed by atoms with Gasteiger partial charge in [-0.15, -0.1) is 0 Å². The van der Waals surface area contributed by atoms with E-state index in [0.717, 1.165) is 31.5 Å². The second-order valence-electron chi connectivity index (χ2n) is 6.10. The van der Waals surface area contributed by atoms with Crippen molar-refractivity contribution >= 4 is 23.6 Å². The van der Waals surface area contributed by atoms with Crippen molar-refractivity contribution in [2.24, 2.45) is 0 Å². The van der Waals surface area contributed by atoms with E-state index in [1.54, 1.807) is 30.3 Å². The van der Waals surface area contributed by atoms with Crippen LogP contribution in [0.3, 0.4) is 0 Å². The standard InChI is InChI=1S/C22H26N2O2/c1-3-16-24(17-4-2)22(26)19-11-13-20(14-12-19)23-21(25)15-10-18-8-6-5-7-9-18/h5-15H,3-4,16-17H2,1-2H3,(H,23,25)/b15-10+. The molecule has 0 aliphatic heterocycles. The first-order valence-electron chi connectivity index (χ1n) is 9.07. The van der Waals surface area contributed by atoms with E-state index in [2.05, 4.69) is 19.2 Å². The second kappa shape index (κ2) is 10.2. The van der Waals surface area contributed by atoms with Crippen LogP contribution in [0, 0.1) is 0 Å². The van der Waals surface area contributed by atoms with Gasteiger partial charge in [-0.3, -0.25) is 9.59 Å².